The average Bonchev–Trinajstić information content (AvgIpc) is 3.12. The van der Waals surface area contributed by atoms with Gasteiger partial charge in [-0.1, -0.05) is 48.2 Å². The number of para-hydroxylation sites is 2. The Morgan fingerprint density at radius 3 is 2.61 bits per heavy atom. The molecule has 0 bridgehead atoms. The van der Waals surface area contributed by atoms with Crippen molar-refractivity contribution >= 4 is 38.4 Å². The van der Waals surface area contributed by atoms with Gasteiger partial charge in [0.05, 0.1) is 17.5 Å². The molecule has 0 aromatic heterocycles. The van der Waals surface area contributed by atoms with Gasteiger partial charge < -0.3 is 9.64 Å². The number of carbonyl (C=O) groups excluding carboxylic acids is 1. The van der Waals surface area contributed by atoms with Gasteiger partial charge in [0.2, 0.25) is 0 Å². The van der Waals surface area contributed by atoms with Gasteiger partial charge in [-0.15, -0.1) is 0 Å². The fraction of sp³-hybridized carbons (Fsp3) is 0.300. The lowest BCUT2D eigenvalue weighted by atomic mass is 10.1. The number of hydrogen-bond acceptors (Lipinski definition) is 5. The zero-order chi connectivity index (χ0) is 19.7. The van der Waals surface area contributed by atoms with Gasteiger partial charge in [-0.05, 0) is 30.7 Å². The average molecular weight is 417 g/mol. The maximum atomic E-state index is 12.4. The summed E-state index contributed by atoms with van der Waals surface area (Å²) in [6.07, 6.45) is 0. The minimum absolute atomic E-state index is 0.0761. The van der Waals surface area contributed by atoms with Crippen LogP contribution >= 0.6 is 11.8 Å². The third-order valence-corrected chi connectivity index (χ3v) is 7.98. The molecule has 1 amide bonds. The monoisotopic (exact) mass is 416 g/mol. The van der Waals surface area contributed by atoms with Gasteiger partial charge in [-0.3, -0.25) is 4.79 Å². The quantitative estimate of drug-likeness (QED) is 0.763. The smallest absolute Gasteiger partial charge is 0.285 e. The van der Waals surface area contributed by atoms with Gasteiger partial charge in [0, 0.05) is 10.9 Å². The van der Waals surface area contributed by atoms with Gasteiger partial charge in [0.25, 0.3) is 5.91 Å². The van der Waals surface area contributed by atoms with Gasteiger partial charge in [-0.25, -0.2) is 8.42 Å². The molecule has 0 unspecified atom stereocenters. The van der Waals surface area contributed by atoms with E-state index in [9.17, 15) is 13.2 Å². The first-order valence-electron chi connectivity index (χ1n) is 8.94. The molecule has 28 heavy (non-hydrogen) atoms. The fourth-order valence-corrected chi connectivity index (χ4v) is 7.40. The molecule has 2 saturated heterocycles. The number of amidine groups is 1. The zero-order valence-electron chi connectivity index (χ0n) is 15.3. The summed E-state index contributed by atoms with van der Waals surface area (Å²) in [6, 6.07) is 16.6. The predicted molar refractivity (Wildman–Crippen MR) is 112 cm³/mol. The Labute approximate surface area is 168 Å². The summed E-state index contributed by atoms with van der Waals surface area (Å²) in [5.74, 6) is 0.396. The van der Waals surface area contributed by atoms with Gasteiger partial charge in [0.1, 0.15) is 5.75 Å². The number of thioether (sulfide) groups is 1. The molecule has 2 aromatic rings. The second-order valence-corrected chi connectivity index (χ2v) is 10.2. The summed E-state index contributed by atoms with van der Waals surface area (Å²) in [5.41, 5.74) is 1.89. The number of aryl methyl sites for hydroxylation is 1. The van der Waals surface area contributed by atoms with E-state index in [1.54, 1.807) is 12.1 Å². The predicted octanol–water partition coefficient (Wildman–Crippen LogP) is 2.68. The molecule has 6 nitrogen and oxygen atoms in total. The maximum Gasteiger partial charge on any atom is 0.285 e. The first-order chi connectivity index (χ1) is 13.4. The van der Waals surface area contributed by atoms with Gasteiger partial charge in [-0.2, -0.15) is 4.99 Å². The molecular formula is C20H20N2O4S2. The third-order valence-electron chi connectivity index (χ3n) is 4.77. The number of carbonyl (C=O) groups is 1. The molecule has 8 heteroatoms. The van der Waals surface area contributed by atoms with Crippen LogP contribution in [0, 0.1) is 6.92 Å². The SMILES string of the molecule is Cc1ccccc1N1C(=NC(=O)COc2ccccc2)S[C@H]2CS(=O)(=O)C[C@H]21. The number of ether oxygens (including phenoxy) is 1. The maximum absolute atomic E-state index is 12.4. The number of amides is 1. The number of nitrogens with zero attached hydrogens (tertiary/aromatic N) is 2. The van der Waals surface area contributed by atoms with E-state index in [4.69, 9.17) is 4.74 Å². The third kappa shape index (κ3) is 3.93. The Morgan fingerprint density at radius 2 is 1.86 bits per heavy atom. The van der Waals surface area contributed by atoms with Crippen molar-refractivity contribution in [2.45, 2.75) is 18.2 Å². The summed E-state index contributed by atoms with van der Waals surface area (Å²) >= 11 is 1.37. The molecular weight excluding hydrogens is 396 g/mol. The van der Waals surface area contributed by atoms with Crippen molar-refractivity contribution in [2.75, 3.05) is 23.0 Å². The summed E-state index contributed by atoms with van der Waals surface area (Å²) in [6.45, 7) is 1.80. The topological polar surface area (TPSA) is 76.0 Å². The lowest BCUT2D eigenvalue weighted by molar-refractivity contribution is -0.119. The normalized spacial score (nSPS) is 24.3. The number of sulfone groups is 1. The van der Waals surface area contributed by atoms with Crippen molar-refractivity contribution in [3.63, 3.8) is 0 Å². The largest absolute Gasteiger partial charge is 0.484 e. The van der Waals surface area contributed by atoms with E-state index < -0.39 is 15.7 Å². The van der Waals surface area contributed by atoms with Crippen molar-refractivity contribution in [1.82, 2.24) is 0 Å². The highest BCUT2D eigenvalue weighted by Gasteiger charge is 2.49. The van der Waals surface area contributed by atoms with E-state index in [1.165, 1.54) is 11.8 Å². The molecule has 0 aliphatic carbocycles. The minimum atomic E-state index is -3.08. The Bertz CT molecular complexity index is 1020. The second-order valence-electron chi connectivity index (χ2n) is 6.85. The molecule has 146 valence electrons. The molecule has 0 N–H and O–H groups in total. The standard InChI is InChI=1S/C20H20N2O4S2/c1-14-7-5-6-10-16(14)22-17-12-28(24,25)13-18(17)27-20(22)21-19(23)11-26-15-8-3-2-4-9-15/h2-10,17-18H,11-13H2,1H3/t17-,18+/m1/s1. The van der Waals surface area contributed by atoms with Crippen LogP contribution in [0.3, 0.4) is 0 Å². The first-order valence-corrected chi connectivity index (χ1v) is 11.6. The number of rotatable bonds is 4. The zero-order valence-corrected chi connectivity index (χ0v) is 16.9. The molecule has 2 aromatic carbocycles. The molecule has 0 spiro atoms. The highest BCUT2D eigenvalue weighted by molar-refractivity contribution is 8.16. The molecule has 2 atom stereocenters. The van der Waals surface area contributed by atoms with Crippen molar-refractivity contribution in [3.05, 3.63) is 60.2 Å². The van der Waals surface area contributed by atoms with Crippen LogP contribution < -0.4 is 9.64 Å². The summed E-state index contributed by atoms with van der Waals surface area (Å²) in [5, 5.41) is 0.423. The first kappa shape index (κ1) is 19.0. The Morgan fingerprint density at radius 1 is 1.14 bits per heavy atom. The summed E-state index contributed by atoms with van der Waals surface area (Å²) < 4.78 is 29.7. The Hall–Kier alpha value is -2.32. The van der Waals surface area contributed by atoms with Crippen LogP contribution in [0.2, 0.25) is 0 Å². The van der Waals surface area contributed by atoms with Gasteiger partial charge >= 0.3 is 0 Å². The van der Waals surface area contributed by atoms with E-state index >= 15 is 0 Å². The molecule has 2 fully saturated rings. The van der Waals surface area contributed by atoms with Gasteiger partial charge in [0.15, 0.2) is 21.6 Å². The molecule has 2 aliphatic rings. The van der Waals surface area contributed by atoms with Crippen LogP contribution in [-0.2, 0) is 14.6 Å². The van der Waals surface area contributed by atoms with E-state index in [1.807, 2.05) is 54.3 Å². The summed E-state index contributed by atoms with van der Waals surface area (Å²) in [4.78, 5) is 18.6. The van der Waals surface area contributed by atoms with E-state index in [2.05, 4.69) is 4.99 Å². The number of hydrogen-bond donors (Lipinski definition) is 0. The van der Waals surface area contributed by atoms with Crippen molar-refractivity contribution in [1.29, 1.82) is 0 Å². The highest BCUT2D eigenvalue weighted by atomic mass is 32.2. The molecule has 2 heterocycles. The van der Waals surface area contributed by atoms with Crippen molar-refractivity contribution in [2.24, 2.45) is 4.99 Å². The lowest BCUT2D eigenvalue weighted by Gasteiger charge is -2.26. The van der Waals surface area contributed by atoms with Crippen LogP contribution in [0.15, 0.2) is 59.6 Å². The van der Waals surface area contributed by atoms with Crippen molar-refractivity contribution < 1.29 is 17.9 Å². The number of fused-ring (bicyclic) bond motifs is 1. The highest BCUT2D eigenvalue weighted by Crippen LogP contribution is 2.41. The van der Waals surface area contributed by atoms with Crippen LogP contribution in [0.25, 0.3) is 0 Å². The molecule has 2 aliphatic heterocycles. The fourth-order valence-electron chi connectivity index (χ4n) is 3.48. The number of aliphatic imine (C=N–C) groups is 1. The van der Waals surface area contributed by atoms with Crippen molar-refractivity contribution in [3.8, 4) is 5.75 Å². The Balaban J connectivity index is 1.59. The van der Waals surface area contributed by atoms with Crippen LogP contribution in [0.5, 0.6) is 5.75 Å². The van der Waals surface area contributed by atoms with E-state index in [-0.39, 0.29) is 29.4 Å². The minimum Gasteiger partial charge on any atom is -0.484 e. The summed E-state index contributed by atoms with van der Waals surface area (Å²) in [7, 11) is -3.08. The van der Waals surface area contributed by atoms with E-state index in [0.29, 0.717) is 10.9 Å². The molecule has 4 rings (SSSR count). The van der Waals surface area contributed by atoms with E-state index in [0.717, 1.165) is 11.3 Å². The van der Waals surface area contributed by atoms with Crippen LogP contribution in [0.4, 0.5) is 5.69 Å². The second kappa shape index (κ2) is 7.60. The number of anilines is 1. The Kier molecular flexibility index (Phi) is 5.16. The molecule has 0 radical (unpaired) electrons. The van der Waals surface area contributed by atoms with Crippen LogP contribution in [0.1, 0.15) is 5.56 Å². The lowest BCUT2D eigenvalue weighted by Crippen LogP contribution is -2.38. The van der Waals surface area contributed by atoms with Crippen LogP contribution in [-0.4, -0.2) is 48.9 Å². The number of benzene rings is 2. The molecule has 0 saturated carbocycles.